The highest BCUT2D eigenvalue weighted by Gasteiger charge is 2.14. The second-order valence-corrected chi connectivity index (χ2v) is 5.46. The minimum Gasteiger partial charge on any atom is -0.493 e. The van der Waals surface area contributed by atoms with Crippen molar-refractivity contribution in [1.82, 2.24) is 0 Å². The molecule has 20 heavy (non-hydrogen) atoms. The molecule has 4 heteroatoms. The molecule has 0 atom stereocenters. The van der Waals surface area contributed by atoms with Crippen LogP contribution in [0.5, 0.6) is 5.75 Å². The van der Waals surface area contributed by atoms with E-state index in [-0.39, 0.29) is 0 Å². The summed E-state index contributed by atoms with van der Waals surface area (Å²) in [7, 11) is 0. The highest BCUT2D eigenvalue weighted by Crippen LogP contribution is 2.25. The van der Waals surface area contributed by atoms with Gasteiger partial charge in [0.1, 0.15) is 5.75 Å². The van der Waals surface area contributed by atoms with Gasteiger partial charge in [-0.15, -0.1) is 0 Å². The van der Waals surface area contributed by atoms with Gasteiger partial charge in [0.05, 0.1) is 12.3 Å². The van der Waals surface area contributed by atoms with Gasteiger partial charge in [-0.25, -0.2) is 0 Å². The summed E-state index contributed by atoms with van der Waals surface area (Å²) in [6.45, 7) is 1.36. The van der Waals surface area contributed by atoms with E-state index in [0.29, 0.717) is 18.9 Å². The molecule has 0 aromatic heterocycles. The van der Waals surface area contributed by atoms with E-state index >= 15 is 0 Å². The molecule has 1 aliphatic rings. The molecule has 0 bridgehead atoms. The molecule has 0 saturated heterocycles. The van der Waals surface area contributed by atoms with Crippen molar-refractivity contribution >= 4 is 5.71 Å². The molecule has 0 radical (unpaired) electrons. The second-order valence-electron chi connectivity index (χ2n) is 5.46. The number of hydrogen-bond donors (Lipinski definition) is 2. The van der Waals surface area contributed by atoms with Gasteiger partial charge in [0.25, 0.3) is 0 Å². The normalized spacial score (nSPS) is 17.1. The third kappa shape index (κ3) is 4.23. The molecule has 4 nitrogen and oxygen atoms in total. The lowest BCUT2D eigenvalue weighted by Gasteiger charge is -2.21. The Bertz CT molecular complexity index is 439. The number of hydrazone groups is 1. The molecule has 4 N–H and O–H groups in total. The molecule has 0 aliphatic heterocycles. The number of nitrogens with two attached hydrogens (primary N) is 2. The summed E-state index contributed by atoms with van der Waals surface area (Å²) in [5.74, 6) is 7.03. The van der Waals surface area contributed by atoms with Crippen LogP contribution in [-0.2, 0) is 0 Å². The molecule has 1 fully saturated rings. The van der Waals surface area contributed by atoms with Crippen LogP contribution in [0.4, 0.5) is 0 Å². The van der Waals surface area contributed by atoms with Gasteiger partial charge in [-0.05, 0) is 37.4 Å². The lowest BCUT2D eigenvalue weighted by molar-refractivity contribution is 0.209. The zero-order chi connectivity index (χ0) is 14.2. The van der Waals surface area contributed by atoms with Crippen molar-refractivity contribution in [3.8, 4) is 5.75 Å². The van der Waals surface area contributed by atoms with Gasteiger partial charge in [0, 0.05) is 12.0 Å². The average Bonchev–Trinajstić information content (AvgIpc) is 2.52. The predicted octanol–water partition coefficient (Wildman–Crippen LogP) is 2.66. The summed E-state index contributed by atoms with van der Waals surface area (Å²) >= 11 is 0. The fourth-order valence-electron chi connectivity index (χ4n) is 2.75. The summed E-state index contributed by atoms with van der Waals surface area (Å²) in [4.78, 5) is 0. The van der Waals surface area contributed by atoms with Gasteiger partial charge in [-0.1, -0.05) is 31.4 Å². The van der Waals surface area contributed by atoms with Crippen molar-refractivity contribution in [2.75, 3.05) is 13.2 Å². The first-order valence-electron chi connectivity index (χ1n) is 7.53. The van der Waals surface area contributed by atoms with Crippen molar-refractivity contribution < 1.29 is 4.74 Å². The zero-order valence-corrected chi connectivity index (χ0v) is 12.1. The van der Waals surface area contributed by atoms with Crippen LogP contribution in [0, 0.1) is 5.92 Å². The van der Waals surface area contributed by atoms with Crippen LogP contribution in [-0.4, -0.2) is 18.9 Å². The Morgan fingerprint density at radius 2 is 2.05 bits per heavy atom. The third-order valence-electron chi connectivity index (χ3n) is 3.91. The Balaban J connectivity index is 1.94. The van der Waals surface area contributed by atoms with Crippen LogP contribution in [0.2, 0.25) is 0 Å². The molecule has 0 amide bonds. The Morgan fingerprint density at radius 3 is 2.75 bits per heavy atom. The maximum absolute atomic E-state index is 5.93. The van der Waals surface area contributed by atoms with E-state index < -0.39 is 0 Å². The average molecular weight is 275 g/mol. The van der Waals surface area contributed by atoms with Crippen molar-refractivity contribution in [2.45, 2.75) is 38.5 Å². The highest BCUT2D eigenvalue weighted by atomic mass is 16.5. The van der Waals surface area contributed by atoms with Gasteiger partial charge in [-0.3, -0.25) is 0 Å². The van der Waals surface area contributed by atoms with Crippen molar-refractivity contribution in [2.24, 2.45) is 22.6 Å². The molecular weight excluding hydrogens is 250 g/mol. The SMILES string of the molecule is NCC/C(=N/N)c1cccc(OCC2CCCCC2)c1. The Labute approximate surface area is 121 Å². The summed E-state index contributed by atoms with van der Waals surface area (Å²) < 4.78 is 5.93. The van der Waals surface area contributed by atoms with Crippen molar-refractivity contribution in [1.29, 1.82) is 0 Å². The molecule has 1 saturated carbocycles. The van der Waals surface area contributed by atoms with Crippen LogP contribution in [0.3, 0.4) is 0 Å². The first kappa shape index (κ1) is 14.9. The minimum absolute atomic E-state index is 0.545. The van der Waals surface area contributed by atoms with Crippen LogP contribution < -0.4 is 16.3 Å². The fraction of sp³-hybridized carbons (Fsp3) is 0.562. The highest BCUT2D eigenvalue weighted by molar-refractivity contribution is 6.00. The van der Waals surface area contributed by atoms with Gasteiger partial charge < -0.3 is 16.3 Å². The first-order chi connectivity index (χ1) is 9.83. The quantitative estimate of drug-likeness (QED) is 0.476. The number of ether oxygens (including phenoxy) is 1. The lowest BCUT2D eigenvalue weighted by Crippen LogP contribution is -2.15. The standard InChI is InChI=1S/C16H25N3O/c17-10-9-16(19-18)14-7-4-8-15(11-14)20-12-13-5-2-1-3-6-13/h4,7-8,11,13H,1-3,5-6,9-10,12,17-18H2/b19-16-. The largest absolute Gasteiger partial charge is 0.493 e. The number of nitrogens with zero attached hydrogens (tertiary/aromatic N) is 1. The maximum atomic E-state index is 5.93. The van der Waals surface area contributed by atoms with E-state index in [4.69, 9.17) is 16.3 Å². The summed E-state index contributed by atoms with van der Waals surface area (Å²) in [5.41, 5.74) is 7.40. The van der Waals surface area contributed by atoms with Crippen LogP contribution >= 0.6 is 0 Å². The maximum Gasteiger partial charge on any atom is 0.119 e. The van der Waals surface area contributed by atoms with Crippen LogP contribution in [0.15, 0.2) is 29.4 Å². The molecule has 0 unspecified atom stereocenters. The van der Waals surface area contributed by atoms with Gasteiger partial charge in [0.15, 0.2) is 0 Å². The first-order valence-corrected chi connectivity index (χ1v) is 7.53. The molecule has 0 spiro atoms. The molecule has 0 heterocycles. The smallest absolute Gasteiger partial charge is 0.119 e. The Hall–Kier alpha value is -1.55. The molecule has 1 aromatic carbocycles. The number of hydrogen-bond acceptors (Lipinski definition) is 4. The van der Waals surface area contributed by atoms with E-state index in [1.165, 1.54) is 32.1 Å². The van der Waals surface area contributed by atoms with E-state index in [1.54, 1.807) is 0 Å². The fourth-order valence-corrected chi connectivity index (χ4v) is 2.75. The zero-order valence-electron chi connectivity index (χ0n) is 12.1. The molecular formula is C16H25N3O. The minimum atomic E-state index is 0.545. The predicted molar refractivity (Wildman–Crippen MR) is 82.9 cm³/mol. The number of benzene rings is 1. The van der Waals surface area contributed by atoms with E-state index in [9.17, 15) is 0 Å². The van der Waals surface area contributed by atoms with Crippen LogP contribution in [0.25, 0.3) is 0 Å². The number of rotatable bonds is 6. The van der Waals surface area contributed by atoms with Crippen molar-refractivity contribution in [3.05, 3.63) is 29.8 Å². The molecule has 2 rings (SSSR count). The summed E-state index contributed by atoms with van der Waals surface area (Å²) in [6, 6.07) is 7.97. The van der Waals surface area contributed by atoms with Crippen molar-refractivity contribution in [3.63, 3.8) is 0 Å². The summed E-state index contributed by atoms with van der Waals surface area (Å²) in [5, 5.41) is 3.82. The second kappa shape index (κ2) is 7.90. The van der Waals surface area contributed by atoms with E-state index in [0.717, 1.165) is 23.6 Å². The van der Waals surface area contributed by atoms with E-state index in [2.05, 4.69) is 5.10 Å². The van der Waals surface area contributed by atoms with E-state index in [1.807, 2.05) is 24.3 Å². The van der Waals surface area contributed by atoms with Gasteiger partial charge in [0.2, 0.25) is 0 Å². The Kier molecular flexibility index (Phi) is 5.87. The topological polar surface area (TPSA) is 73.6 Å². The lowest BCUT2D eigenvalue weighted by atomic mass is 9.90. The van der Waals surface area contributed by atoms with Gasteiger partial charge >= 0.3 is 0 Å². The Morgan fingerprint density at radius 1 is 1.25 bits per heavy atom. The monoisotopic (exact) mass is 275 g/mol. The molecule has 1 aromatic rings. The molecule has 1 aliphatic carbocycles. The van der Waals surface area contributed by atoms with Gasteiger partial charge in [-0.2, -0.15) is 5.10 Å². The third-order valence-corrected chi connectivity index (χ3v) is 3.91. The molecule has 110 valence electrons. The summed E-state index contributed by atoms with van der Waals surface area (Å²) in [6.07, 6.45) is 7.33. The van der Waals surface area contributed by atoms with Crippen LogP contribution in [0.1, 0.15) is 44.1 Å².